The van der Waals surface area contributed by atoms with Crippen LogP contribution in [0.4, 0.5) is 5.69 Å². The van der Waals surface area contributed by atoms with Gasteiger partial charge in [-0.05, 0) is 65.6 Å². The van der Waals surface area contributed by atoms with Gasteiger partial charge in [0, 0.05) is 56.7 Å². The Kier molecular flexibility index (Phi) is 12.7. The van der Waals surface area contributed by atoms with Gasteiger partial charge < -0.3 is 35.0 Å². The average Bonchev–Trinajstić information content (AvgIpc) is 3.56. The van der Waals surface area contributed by atoms with E-state index in [0.29, 0.717) is 45.4 Å². The third-order valence-corrected chi connectivity index (χ3v) is 11.3. The normalized spacial score (nSPS) is 20.8. The van der Waals surface area contributed by atoms with Crippen molar-refractivity contribution < 1.29 is 34.2 Å². The Bertz CT molecular complexity index is 1930. The number of carbonyl (C=O) groups excluding carboxylic acids is 3. The van der Waals surface area contributed by atoms with E-state index in [-0.39, 0.29) is 37.0 Å². The number of ether oxygens (including phenoxy) is 2. The summed E-state index contributed by atoms with van der Waals surface area (Å²) >= 11 is 0. The number of aliphatic hydroxyl groups excluding tert-OH is 1. The van der Waals surface area contributed by atoms with Gasteiger partial charge in [0.1, 0.15) is 5.54 Å². The smallest absolute Gasteiger partial charge is 0.247 e. The Balaban J connectivity index is 1.02. The maximum absolute atomic E-state index is 13.3. The number of unbranched alkanes of at least 4 members (excludes halogenated alkanes) is 1. The minimum absolute atomic E-state index is 0.0222. The van der Waals surface area contributed by atoms with Gasteiger partial charge in [-0.1, -0.05) is 91.0 Å². The van der Waals surface area contributed by atoms with Crippen molar-refractivity contribution in [1.29, 1.82) is 0 Å². The first-order valence-electron chi connectivity index (χ1n) is 19.6. The van der Waals surface area contributed by atoms with E-state index in [1.807, 2.05) is 78.9 Å². The molecule has 3 unspecified atom stereocenters. The van der Waals surface area contributed by atoms with E-state index in [1.165, 1.54) is 0 Å². The second kappa shape index (κ2) is 18.2. The Morgan fingerprint density at radius 3 is 2.21 bits per heavy atom. The average molecular weight is 762 g/mol. The van der Waals surface area contributed by atoms with E-state index in [9.17, 15) is 19.5 Å². The summed E-state index contributed by atoms with van der Waals surface area (Å²) in [7, 11) is 0. The second-order valence-corrected chi connectivity index (χ2v) is 14.9. The highest BCUT2D eigenvalue weighted by molar-refractivity contribution is 5.93. The number of piperidine rings is 1. The number of hydrogen-bond acceptors (Lipinski definition) is 9. The van der Waals surface area contributed by atoms with Gasteiger partial charge in [-0.3, -0.25) is 19.6 Å². The van der Waals surface area contributed by atoms with Crippen molar-refractivity contribution in [2.75, 3.05) is 31.2 Å². The largest absolute Gasteiger partial charge is 0.392 e. The van der Waals surface area contributed by atoms with Crippen LogP contribution in [0.1, 0.15) is 79.6 Å². The number of likely N-dealkylation sites (tertiary alicyclic amines) is 1. The molecule has 0 aromatic heterocycles. The third kappa shape index (κ3) is 9.12. The van der Waals surface area contributed by atoms with Gasteiger partial charge in [-0.2, -0.15) is 0 Å². The summed E-state index contributed by atoms with van der Waals surface area (Å²) in [6.45, 7) is 3.12. The van der Waals surface area contributed by atoms with Crippen LogP contribution in [0.3, 0.4) is 0 Å². The molecule has 12 heteroatoms. The lowest BCUT2D eigenvalue weighted by atomic mass is 9.85. The molecule has 4 aromatic carbocycles. The predicted molar refractivity (Wildman–Crippen MR) is 211 cm³/mol. The fourth-order valence-corrected chi connectivity index (χ4v) is 8.14. The number of para-hydroxylation sites is 1. The third-order valence-electron chi connectivity index (χ3n) is 11.3. The maximum Gasteiger partial charge on any atom is 0.247 e. The molecule has 0 bridgehead atoms. The number of nitrogens with zero attached hydrogens (tertiary/aromatic N) is 2. The van der Waals surface area contributed by atoms with Crippen molar-refractivity contribution in [3.05, 3.63) is 125 Å². The molecule has 4 aromatic rings. The molecule has 294 valence electrons. The summed E-state index contributed by atoms with van der Waals surface area (Å²) < 4.78 is 13.4. The molecule has 3 atom stereocenters. The van der Waals surface area contributed by atoms with Crippen molar-refractivity contribution in [2.45, 2.75) is 82.1 Å². The number of hydrogen-bond donors (Lipinski definition) is 5. The van der Waals surface area contributed by atoms with Crippen LogP contribution >= 0.6 is 0 Å². The van der Waals surface area contributed by atoms with Crippen LogP contribution in [0, 0.1) is 0 Å². The van der Waals surface area contributed by atoms with E-state index >= 15 is 0 Å². The highest BCUT2D eigenvalue weighted by Crippen LogP contribution is 2.40. The number of aliphatic hydroxyl groups is 1. The van der Waals surface area contributed by atoms with E-state index in [1.54, 1.807) is 5.48 Å². The van der Waals surface area contributed by atoms with Gasteiger partial charge in [0.15, 0.2) is 6.29 Å². The first-order valence-corrected chi connectivity index (χ1v) is 19.6. The molecule has 3 saturated heterocycles. The number of anilines is 1. The zero-order chi connectivity index (χ0) is 38.9. The topological polar surface area (TPSA) is 153 Å². The summed E-state index contributed by atoms with van der Waals surface area (Å²) in [6.07, 6.45) is 2.72. The molecule has 3 heterocycles. The number of benzene rings is 4. The monoisotopic (exact) mass is 761 g/mol. The Morgan fingerprint density at radius 2 is 1.50 bits per heavy atom. The molecule has 12 nitrogen and oxygen atoms in total. The lowest BCUT2D eigenvalue weighted by Gasteiger charge is -2.45. The summed E-state index contributed by atoms with van der Waals surface area (Å²) in [5.74, 6) is -0.448. The van der Waals surface area contributed by atoms with Crippen LogP contribution < -0.4 is 21.0 Å². The summed E-state index contributed by atoms with van der Waals surface area (Å²) in [4.78, 5) is 41.7. The van der Waals surface area contributed by atoms with Gasteiger partial charge in [-0.15, -0.1) is 0 Å². The highest BCUT2D eigenvalue weighted by atomic mass is 16.7. The first kappa shape index (κ1) is 39.1. The first-order chi connectivity index (χ1) is 27.3. The molecule has 3 amide bonds. The molecule has 7 rings (SSSR count). The number of hydroxylamine groups is 1. The fraction of sp³-hybridized carbons (Fsp3) is 0.386. The molecule has 3 aliphatic heterocycles. The van der Waals surface area contributed by atoms with E-state index < -0.39 is 17.7 Å². The standard InChI is InChI=1S/C44H51N5O7/c50-29-31-14-16-33(17-15-31)39-26-37(28-48-24-22-44(23-25-48)43(53)46-30-49(44)36-9-2-1-3-10-36)55-42(56-39)34-20-18-32(19-21-34)38-11-5-4-8-35(38)27-45-40(51)12-6-7-13-41(52)47-54/h1-5,8-11,14-21,37,39,42,50,54H,6-7,12-13,22-30H2,(H,45,51)(H,46,53)(H,47,52). The van der Waals surface area contributed by atoms with Gasteiger partial charge in [-0.25, -0.2) is 5.48 Å². The number of carbonyl (C=O) groups is 3. The lowest BCUT2D eigenvalue weighted by Crippen LogP contribution is -2.57. The number of nitrogens with one attached hydrogen (secondary N) is 3. The van der Waals surface area contributed by atoms with E-state index in [4.69, 9.17) is 14.7 Å². The van der Waals surface area contributed by atoms with E-state index in [0.717, 1.165) is 65.0 Å². The summed E-state index contributed by atoms with van der Waals surface area (Å²) in [5.41, 5.74) is 7.88. The molecule has 3 aliphatic rings. The predicted octanol–water partition coefficient (Wildman–Crippen LogP) is 5.50. The van der Waals surface area contributed by atoms with Gasteiger partial charge >= 0.3 is 0 Å². The fourth-order valence-electron chi connectivity index (χ4n) is 8.14. The van der Waals surface area contributed by atoms with Crippen molar-refractivity contribution in [1.82, 2.24) is 21.0 Å². The van der Waals surface area contributed by atoms with Crippen molar-refractivity contribution in [3.63, 3.8) is 0 Å². The molecule has 5 N–H and O–H groups in total. The number of rotatable bonds is 14. The highest BCUT2D eigenvalue weighted by Gasteiger charge is 2.50. The van der Waals surface area contributed by atoms with Crippen LogP contribution in [0.25, 0.3) is 11.1 Å². The number of amides is 3. The minimum atomic E-state index is -0.603. The Morgan fingerprint density at radius 1 is 0.821 bits per heavy atom. The lowest BCUT2D eigenvalue weighted by molar-refractivity contribution is -0.253. The molecule has 3 fully saturated rings. The van der Waals surface area contributed by atoms with Crippen LogP contribution in [-0.4, -0.2) is 70.9 Å². The molecule has 0 radical (unpaired) electrons. The molecule has 1 spiro atoms. The van der Waals surface area contributed by atoms with Crippen molar-refractivity contribution >= 4 is 23.4 Å². The van der Waals surface area contributed by atoms with Crippen LogP contribution in [-0.2, 0) is 37.0 Å². The maximum atomic E-state index is 13.3. The zero-order valence-electron chi connectivity index (χ0n) is 31.6. The van der Waals surface area contributed by atoms with Gasteiger partial charge in [0.25, 0.3) is 0 Å². The quantitative estimate of drug-likeness (QED) is 0.0637. The van der Waals surface area contributed by atoms with Crippen molar-refractivity contribution in [3.8, 4) is 11.1 Å². The van der Waals surface area contributed by atoms with Gasteiger partial charge in [0.2, 0.25) is 17.7 Å². The Labute approximate surface area is 327 Å². The molecular weight excluding hydrogens is 711 g/mol. The zero-order valence-corrected chi connectivity index (χ0v) is 31.6. The van der Waals surface area contributed by atoms with Crippen LogP contribution in [0.2, 0.25) is 0 Å². The van der Waals surface area contributed by atoms with Gasteiger partial charge in [0.05, 0.1) is 25.5 Å². The van der Waals surface area contributed by atoms with E-state index in [2.05, 4.69) is 44.7 Å². The minimum Gasteiger partial charge on any atom is -0.392 e. The molecule has 0 aliphatic carbocycles. The van der Waals surface area contributed by atoms with Crippen LogP contribution in [0.5, 0.6) is 0 Å². The van der Waals surface area contributed by atoms with Crippen LogP contribution in [0.15, 0.2) is 103 Å². The second-order valence-electron chi connectivity index (χ2n) is 14.9. The molecule has 0 saturated carbocycles. The molecule has 56 heavy (non-hydrogen) atoms. The Hall–Kier alpha value is -5.11. The summed E-state index contributed by atoms with van der Waals surface area (Å²) in [6, 6.07) is 34.2. The summed E-state index contributed by atoms with van der Waals surface area (Å²) in [5, 5.41) is 24.4. The SMILES string of the molecule is O=C(CCCCC(=O)NCc1ccccc1-c1ccc(C2OC(CN3CCC4(CC3)C(=O)NCN4c3ccccc3)CC(c3ccc(CO)cc3)O2)cc1)NO. The van der Waals surface area contributed by atoms with Crippen molar-refractivity contribution in [2.24, 2.45) is 0 Å². The molecular formula is C44H51N5O7.